The zero-order valence-corrected chi connectivity index (χ0v) is 15.6. The molecule has 5 heteroatoms. The van der Waals surface area contributed by atoms with Gasteiger partial charge in [0.1, 0.15) is 11.5 Å². The molecule has 26 heavy (non-hydrogen) atoms. The normalized spacial score (nSPS) is 10.2. The number of hydrogen-bond donors (Lipinski definition) is 2. The lowest BCUT2D eigenvalue weighted by Crippen LogP contribution is -2.37. The van der Waals surface area contributed by atoms with Crippen LogP contribution in [-0.2, 0) is 0 Å². The third kappa shape index (κ3) is 7.92. The number of aryl methyl sites for hydroxylation is 2. The molecule has 0 aromatic heterocycles. The van der Waals surface area contributed by atoms with Crippen molar-refractivity contribution in [3.63, 3.8) is 0 Å². The van der Waals surface area contributed by atoms with E-state index in [0.29, 0.717) is 26.3 Å². The fourth-order valence-corrected chi connectivity index (χ4v) is 2.26. The maximum atomic E-state index is 11.7. The van der Waals surface area contributed by atoms with E-state index in [1.165, 1.54) is 11.1 Å². The first-order chi connectivity index (χ1) is 12.6. The molecular weight excluding hydrogens is 328 g/mol. The largest absolute Gasteiger partial charge is 0.494 e. The number of benzene rings is 2. The van der Waals surface area contributed by atoms with Gasteiger partial charge in [0.25, 0.3) is 0 Å². The molecule has 0 unspecified atom stereocenters. The van der Waals surface area contributed by atoms with E-state index in [-0.39, 0.29) is 6.03 Å². The topological polar surface area (TPSA) is 59.6 Å². The van der Waals surface area contributed by atoms with E-state index in [2.05, 4.69) is 10.6 Å². The smallest absolute Gasteiger partial charge is 0.314 e. The van der Waals surface area contributed by atoms with Crippen molar-refractivity contribution in [2.45, 2.75) is 26.7 Å². The number of rotatable bonds is 10. The molecule has 5 nitrogen and oxygen atoms in total. The SMILES string of the molecule is Cc1ccc(OCCCNC(=O)NCCCOc2ccc(C)cc2)cc1. The van der Waals surface area contributed by atoms with E-state index in [1.807, 2.05) is 62.4 Å². The molecule has 0 aliphatic heterocycles. The molecule has 0 aliphatic rings. The molecule has 0 atom stereocenters. The monoisotopic (exact) mass is 356 g/mol. The minimum absolute atomic E-state index is 0.157. The van der Waals surface area contributed by atoms with Gasteiger partial charge in [-0.15, -0.1) is 0 Å². The highest BCUT2D eigenvalue weighted by atomic mass is 16.5. The van der Waals surface area contributed by atoms with Crippen LogP contribution >= 0.6 is 0 Å². The minimum atomic E-state index is -0.157. The van der Waals surface area contributed by atoms with Crippen molar-refractivity contribution in [2.24, 2.45) is 0 Å². The highest BCUT2D eigenvalue weighted by molar-refractivity contribution is 5.73. The van der Waals surface area contributed by atoms with Crippen LogP contribution in [0.2, 0.25) is 0 Å². The Morgan fingerprint density at radius 3 is 1.50 bits per heavy atom. The number of amides is 2. The van der Waals surface area contributed by atoms with Gasteiger partial charge >= 0.3 is 6.03 Å². The molecule has 0 heterocycles. The molecule has 0 aliphatic carbocycles. The third-order valence-corrected chi connectivity index (χ3v) is 3.79. The molecule has 0 saturated heterocycles. The zero-order chi connectivity index (χ0) is 18.6. The van der Waals surface area contributed by atoms with Crippen molar-refractivity contribution in [2.75, 3.05) is 26.3 Å². The molecule has 0 bridgehead atoms. The molecule has 2 aromatic rings. The first-order valence-corrected chi connectivity index (χ1v) is 9.04. The van der Waals surface area contributed by atoms with Crippen LogP contribution in [0.5, 0.6) is 11.5 Å². The van der Waals surface area contributed by atoms with Crippen LogP contribution in [0, 0.1) is 13.8 Å². The van der Waals surface area contributed by atoms with E-state index in [9.17, 15) is 4.79 Å². The van der Waals surface area contributed by atoms with E-state index in [1.54, 1.807) is 0 Å². The Morgan fingerprint density at radius 1 is 0.731 bits per heavy atom. The van der Waals surface area contributed by atoms with Gasteiger partial charge in [0.15, 0.2) is 0 Å². The zero-order valence-electron chi connectivity index (χ0n) is 15.6. The van der Waals surface area contributed by atoms with Crippen LogP contribution in [0.4, 0.5) is 4.79 Å². The summed E-state index contributed by atoms with van der Waals surface area (Å²) in [6, 6.07) is 15.7. The Kier molecular flexibility index (Phi) is 8.33. The second kappa shape index (κ2) is 11.0. The van der Waals surface area contributed by atoms with Crippen molar-refractivity contribution in [3.05, 3.63) is 59.7 Å². The lowest BCUT2D eigenvalue weighted by molar-refractivity contribution is 0.237. The number of urea groups is 1. The number of ether oxygens (including phenoxy) is 2. The van der Waals surface area contributed by atoms with Crippen molar-refractivity contribution < 1.29 is 14.3 Å². The van der Waals surface area contributed by atoms with Crippen molar-refractivity contribution in [1.29, 1.82) is 0 Å². The van der Waals surface area contributed by atoms with Gasteiger partial charge in [-0.3, -0.25) is 0 Å². The summed E-state index contributed by atoms with van der Waals surface area (Å²) in [7, 11) is 0. The Balaban J connectivity index is 1.45. The second-order valence-electron chi connectivity index (χ2n) is 6.21. The quantitative estimate of drug-likeness (QED) is 0.636. The number of carbonyl (C=O) groups excluding carboxylic acids is 1. The summed E-state index contributed by atoms with van der Waals surface area (Å²) in [6.45, 7) is 6.40. The van der Waals surface area contributed by atoms with Crippen LogP contribution in [0.3, 0.4) is 0 Å². The molecular formula is C21H28N2O3. The van der Waals surface area contributed by atoms with Crippen LogP contribution in [-0.4, -0.2) is 32.3 Å². The molecule has 2 amide bonds. The lowest BCUT2D eigenvalue weighted by atomic mass is 10.2. The molecule has 2 N–H and O–H groups in total. The van der Waals surface area contributed by atoms with Crippen LogP contribution < -0.4 is 20.1 Å². The molecule has 2 rings (SSSR count). The Hall–Kier alpha value is -2.69. The maximum Gasteiger partial charge on any atom is 0.314 e. The fraction of sp³-hybridized carbons (Fsp3) is 0.381. The van der Waals surface area contributed by atoms with Crippen molar-refractivity contribution in [3.8, 4) is 11.5 Å². The number of nitrogens with one attached hydrogen (secondary N) is 2. The van der Waals surface area contributed by atoms with Gasteiger partial charge < -0.3 is 20.1 Å². The van der Waals surface area contributed by atoms with E-state index in [0.717, 1.165) is 24.3 Å². The summed E-state index contributed by atoms with van der Waals surface area (Å²) in [5, 5.41) is 5.64. The van der Waals surface area contributed by atoms with Crippen LogP contribution in [0.25, 0.3) is 0 Å². The summed E-state index contributed by atoms with van der Waals surface area (Å²) in [6.07, 6.45) is 1.52. The first-order valence-electron chi connectivity index (χ1n) is 9.04. The maximum absolute atomic E-state index is 11.7. The van der Waals surface area contributed by atoms with E-state index in [4.69, 9.17) is 9.47 Å². The Bertz CT molecular complexity index is 596. The molecule has 0 radical (unpaired) electrons. The Labute approximate surface area is 155 Å². The highest BCUT2D eigenvalue weighted by Crippen LogP contribution is 2.12. The molecule has 0 saturated carbocycles. The number of carbonyl (C=O) groups is 1. The standard InChI is InChI=1S/C21H28N2O3/c1-17-5-9-19(10-6-17)25-15-3-13-22-21(24)23-14-4-16-26-20-11-7-18(2)8-12-20/h5-12H,3-4,13-16H2,1-2H3,(H2,22,23,24). The molecule has 140 valence electrons. The first kappa shape index (κ1) is 19.6. The summed E-state index contributed by atoms with van der Waals surface area (Å²) >= 11 is 0. The molecule has 0 fully saturated rings. The predicted octanol–water partition coefficient (Wildman–Crippen LogP) is 3.84. The van der Waals surface area contributed by atoms with Crippen LogP contribution in [0.1, 0.15) is 24.0 Å². The van der Waals surface area contributed by atoms with Gasteiger partial charge in [0.2, 0.25) is 0 Å². The minimum Gasteiger partial charge on any atom is -0.494 e. The van der Waals surface area contributed by atoms with Crippen molar-refractivity contribution in [1.82, 2.24) is 10.6 Å². The van der Waals surface area contributed by atoms with Gasteiger partial charge in [-0.2, -0.15) is 0 Å². The van der Waals surface area contributed by atoms with Gasteiger partial charge in [-0.25, -0.2) is 4.79 Å². The summed E-state index contributed by atoms with van der Waals surface area (Å²) in [4.78, 5) is 11.7. The van der Waals surface area contributed by atoms with Gasteiger partial charge in [0, 0.05) is 13.1 Å². The summed E-state index contributed by atoms with van der Waals surface area (Å²) in [5.41, 5.74) is 2.42. The lowest BCUT2D eigenvalue weighted by Gasteiger charge is -2.09. The van der Waals surface area contributed by atoms with E-state index < -0.39 is 0 Å². The summed E-state index contributed by atoms with van der Waals surface area (Å²) in [5.74, 6) is 1.71. The van der Waals surface area contributed by atoms with Gasteiger partial charge in [-0.1, -0.05) is 35.4 Å². The second-order valence-corrected chi connectivity index (χ2v) is 6.21. The molecule has 0 spiro atoms. The highest BCUT2D eigenvalue weighted by Gasteiger charge is 2.00. The van der Waals surface area contributed by atoms with E-state index >= 15 is 0 Å². The van der Waals surface area contributed by atoms with Crippen molar-refractivity contribution >= 4 is 6.03 Å². The molecule has 2 aromatic carbocycles. The summed E-state index contributed by atoms with van der Waals surface area (Å²) < 4.78 is 11.2. The predicted molar refractivity (Wildman–Crippen MR) is 104 cm³/mol. The number of hydrogen-bond acceptors (Lipinski definition) is 3. The average Bonchev–Trinajstić information content (AvgIpc) is 2.64. The van der Waals surface area contributed by atoms with Gasteiger partial charge in [-0.05, 0) is 51.0 Å². The average molecular weight is 356 g/mol. The van der Waals surface area contributed by atoms with Crippen LogP contribution in [0.15, 0.2) is 48.5 Å². The fourth-order valence-electron chi connectivity index (χ4n) is 2.26. The van der Waals surface area contributed by atoms with Gasteiger partial charge in [0.05, 0.1) is 13.2 Å². The Morgan fingerprint density at radius 2 is 1.12 bits per heavy atom. The third-order valence-electron chi connectivity index (χ3n) is 3.79.